The van der Waals surface area contributed by atoms with Gasteiger partial charge in [0.2, 0.25) is 0 Å². The molecule has 0 spiro atoms. The van der Waals surface area contributed by atoms with E-state index >= 15 is 0 Å². The van der Waals surface area contributed by atoms with Crippen molar-refractivity contribution in [1.82, 2.24) is 10.3 Å². The predicted molar refractivity (Wildman–Crippen MR) is 86.5 cm³/mol. The molecule has 1 aliphatic rings. The van der Waals surface area contributed by atoms with Crippen molar-refractivity contribution >= 4 is 5.69 Å². The van der Waals surface area contributed by atoms with Gasteiger partial charge in [-0.05, 0) is 45.2 Å². The second-order valence-corrected chi connectivity index (χ2v) is 6.12. The molecule has 0 aromatic carbocycles. The van der Waals surface area contributed by atoms with Gasteiger partial charge in [0.15, 0.2) is 0 Å². The highest BCUT2D eigenvalue weighted by molar-refractivity contribution is 5.52. The Bertz CT molecular complexity index is 452. The van der Waals surface area contributed by atoms with E-state index in [9.17, 15) is 0 Å². The number of anilines is 1. The van der Waals surface area contributed by atoms with Gasteiger partial charge in [-0.3, -0.25) is 4.98 Å². The summed E-state index contributed by atoms with van der Waals surface area (Å²) in [5.74, 6) is 0. The van der Waals surface area contributed by atoms with Crippen LogP contribution < -0.4 is 10.2 Å². The molecule has 1 saturated heterocycles. The molecule has 1 aromatic rings. The molecular weight excluding hydrogens is 246 g/mol. The number of nitrogens with zero attached hydrogens (tertiary/aromatic N) is 2. The molecule has 3 nitrogen and oxygen atoms in total. The summed E-state index contributed by atoms with van der Waals surface area (Å²) < 4.78 is 0. The molecule has 0 bridgehead atoms. The number of nitrogens with one attached hydrogen (secondary N) is 1. The molecule has 1 aromatic heterocycles. The summed E-state index contributed by atoms with van der Waals surface area (Å²) in [5, 5.41) is 3.80. The van der Waals surface area contributed by atoms with Gasteiger partial charge in [-0.25, -0.2) is 0 Å². The second kappa shape index (κ2) is 6.13. The third kappa shape index (κ3) is 2.83. The van der Waals surface area contributed by atoms with Crippen LogP contribution in [0.5, 0.6) is 0 Å². The summed E-state index contributed by atoms with van der Waals surface area (Å²) in [6, 6.07) is 4.96. The van der Waals surface area contributed by atoms with Gasteiger partial charge in [0, 0.05) is 30.4 Å². The minimum atomic E-state index is 0.253. The van der Waals surface area contributed by atoms with Crippen LogP contribution in [0.3, 0.4) is 0 Å². The summed E-state index contributed by atoms with van der Waals surface area (Å²) in [5.41, 5.74) is 3.83. The molecule has 1 N–H and O–H groups in total. The Hall–Kier alpha value is -1.09. The van der Waals surface area contributed by atoms with Gasteiger partial charge >= 0.3 is 0 Å². The summed E-state index contributed by atoms with van der Waals surface area (Å²) in [6.07, 6.45) is 3.52. The number of aryl methyl sites for hydroxylation is 2. The lowest BCUT2D eigenvalue weighted by Crippen LogP contribution is -2.64. The molecule has 0 saturated carbocycles. The Labute approximate surface area is 123 Å². The number of aromatic nitrogens is 1. The largest absolute Gasteiger partial charge is 0.364 e. The summed E-state index contributed by atoms with van der Waals surface area (Å²) in [4.78, 5) is 7.24. The van der Waals surface area contributed by atoms with Crippen LogP contribution in [0, 0.1) is 13.8 Å². The van der Waals surface area contributed by atoms with Crippen molar-refractivity contribution in [3.8, 4) is 0 Å². The van der Waals surface area contributed by atoms with Crippen LogP contribution in [0.4, 0.5) is 5.69 Å². The minimum Gasteiger partial charge on any atom is -0.364 e. The SMILES string of the molecule is CCC1CNC(CC)(CC)CN1c1ccc(C)nc1C. The number of piperazine rings is 1. The first-order chi connectivity index (χ1) is 9.55. The fraction of sp³-hybridized carbons (Fsp3) is 0.706. The topological polar surface area (TPSA) is 28.2 Å². The van der Waals surface area contributed by atoms with Crippen molar-refractivity contribution in [3.63, 3.8) is 0 Å². The van der Waals surface area contributed by atoms with E-state index in [0.29, 0.717) is 6.04 Å². The number of hydrogen-bond acceptors (Lipinski definition) is 3. The smallest absolute Gasteiger partial charge is 0.0609 e. The maximum absolute atomic E-state index is 4.65. The minimum absolute atomic E-state index is 0.253. The first kappa shape index (κ1) is 15.3. The Kier molecular flexibility index (Phi) is 4.69. The zero-order chi connectivity index (χ0) is 14.8. The van der Waals surface area contributed by atoms with Crippen LogP contribution in [0.25, 0.3) is 0 Å². The number of pyridine rings is 1. The van der Waals surface area contributed by atoms with E-state index in [1.807, 2.05) is 0 Å². The highest BCUT2D eigenvalue weighted by atomic mass is 15.3. The summed E-state index contributed by atoms with van der Waals surface area (Å²) in [6.45, 7) is 13.2. The third-order valence-electron chi connectivity index (χ3n) is 4.96. The Morgan fingerprint density at radius 2 is 1.95 bits per heavy atom. The number of hydrogen-bond donors (Lipinski definition) is 1. The van der Waals surface area contributed by atoms with Crippen LogP contribution in [-0.4, -0.2) is 29.7 Å². The van der Waals surface area contributed by atoms with E-state index in [-0.39, 0.29) is 5.54 Å². The standard InChI is InChI=1S/C17H29N3/c1-6-15-11-18-17(7-2,8-3)12-20(15)16-10-9-13(4)19-14(16)5/h9-10,15,18H,6-8,11-12H2,1-5H3. The summed E-state index contributed by atoms with van der Waals surface area (Å²) >= 11 is 0. The highest BCUT2D eigenvalue weighted by Gasteiger charge is 2.36. The molecule has 2 rings (SSSR count). The highest BCUT2D eigenvalue weighted by Crippen LogP contribution is 2.30. The van der Waals surface area contributed by atoms with Gasteiger partial charge in [0.1, 0.15) is 0 Å². The Morgan fingerprint density at radius 1 is 1.25 bits per heavy atom. The zero-order valence-electron chi connectivity index (χ0n) is 13.7. The van der Waals surface area contributed by atoms with Gasteiger partial charge < -0.3 is 10.2 Å². The van der Waals surface area contributed by atoms with E-state index in [0.717, 1.165) is 24.5 Å². The van der Waals surface area contributed by atoms with E-state index in [1.165, 1.54) is 24.9 Å². The van der Waals surface area contributed by atoms with E-state index in [2.05, 4.69) is 62.0 Å². The van der Waals surface area contributed by atoms with Gasteiger partial charge in [-0.2, -0.15) is 0 Å². The van der Waals surface area contributed by atoms with E-state index in [4.69, 9.17) is 0 Å². The predicted octanol–water partition coefficient (Wildman–Crippen LogP) is 3.45. The van der Waals surface area contributed by atoms with Gasteiger partial charge in [0.05, 0.1) is 11.4 Å². The van der Waals surface area contributed by atoms with Gasteiger partial charge in [-0.1, -0.05) is 20.8 Å². The fourth-order valence-electron chi connectivity index (χ4n) is 3.31. The van der Waals surface area contributed by atoms with Crippen molar-refractivity contribution in [2.45, 2.75) is 65.5 Å². The lowest BCUT2D eigenvalue weighted by Gasteiger charge is -2.48. The van der Waals surface area contributed by atoms with Gasteiger partial charge in [-0.15, -0.1) is 0 Å². The molecule has 1 atom stereocenters. The lowest BCUT2D eigenvalue weighted by atomic mass is 9.87. The van der Waals surface area contributed by atoms with Crippen molar-refractivity contribution in [2.24, 2.45) is 0 Å². The third-order valence-corrected chi connectivity index (χ3v) is 4.96. The molecule has 2 heterocycles. The maximum Gasteiger partial charge on any atom is 0.0609 e. The summed E-state index contributed by atoms with van der Waals surface area (Å²) in [7, 11) is 0. The van der Waals surface area contributed by atoms with Crippen LogP contribution >= 0.6 is 0 Å². The monoisotopic (exact) mass is 275 g/mol. The number of rotatable bonds is 4. The van der Waals surface area contributed by atoms with E-state index < -0.39 is 0 Å². The van der Waals surface area contributed by atoms with Crippen LogP contribution in [0.1, 0.15) is 51.4 Å². The average molecular weight is 275 g/mol. The van der Waals surface area contributed by atoms with Crippen molar-refractivity contribution in [1.29, 1.82) is 0 Å². The zero-order valence-corrected chi connectivity index (χ0v) is 13.7. The first-order valence-corrected chi connectivity index (χ1v) is 8.01. The molecule has 112 valence electrons. The molecule has 1 unspecified atom stereocenters. The maximum atomic E-state index is 4.65. The quantitative estimate of drug-likeness (QED) is 0.912. The van der Waals surface area contributed by atoms with Gasteiger partial charge in [0.25, 0.3) is 0 Å². The van der Waals surface area contributed by atoms with Crippen molar-refractivity contribution < 1.29 is 0 Å². The molecule has 3 heteroatoms. The second-order valence-electron chi connectivity index (χ2n) is 6.12. The molecule has 0 radical (unpaired) electrons. The first-order valence-electron chi connectivity index (χ1n) is 8.01. The molecular formula is C17H29N3. The Morgan fingerprint density at radius 3 is 2.50 bits per heavy atom. The van der Waals surface area contributed by atoms with Crippen LogP contribution in [-0.2, 0) is 0 Å². The molecule has 0 amide bonds. The normalized spacial score (nSPS) is 22.1. The molecule has 1 aliphatic heterocycles. The van der Waals surface area contributed by atoms with Crippen molar-refractivity contribution in [3.05, 3.63) is 23.5 Å². The Balaban J connectivity index is 2.33. The average Bonchev–Trinajstić information content (AvgIpc) is 2.46. The van der Waals surface area contributed by atoms with Crippen LogP contribution in [0.2, 0.25) is 0 Å². The molecule has 1 fully saturated rings. The molecule has 0 aliphatic carbocycles. The van der Waals surface area contributed by atoms with E-state index in [1.54, 1.807) is 0 Å². The fourth-order valence-corrected chi connectivity index (χ4v) is 3.31. The van der Waals surface area contributed by atoms with Crippen LogP contribution in [0.15, 0.2) is 12.1 Å². The molecule has 20 heavy (non-hydrogen) atoms. The lowest BCUT2D eigenvalue weighted by molar-refractivity contribution is 0.246. The van der Waals surface area contributed by atoms with Crippen molar-refractivity contribution in [2.75, 3.05) is 18.0 Å².